The molecule has 0 radical (unpaired) electrons. The van der Waals surface area contributed by atoms with Crippen molar-refractivity contribution >= 4 is 23.6 Å². The summed E-state index contributed by atoms with van der Waals surface area (Å²) in [5.41, 5.74) is 15.1. The molecule has 0 aromatic heterocycles. The van der Waals surface area contributed by atoms with Gasteiger partial charge in [0.1, 0.15) is 48.4 Å². The van der Waals surface area contributed by atoms with E-state index in [0.29, 0.717) is 55.2 Å². The minimum atomic E-state index is -0.635. The average Bonchev–Trinajstić information content (AvgIpc) is 3.10. The normalized spacial score (nSPS) is 14.8. The molecule has 2 heterocycles. The number of amides is 4. The molecule has 0 saturated heterocycles. The van der Waals surface area contributed by atoms with Gasteiger partial charge in [-0.1, -0.05) is 24.3 Å². The molecule has 2 aliphatic heterocycles. The first kappa shape index (κ1) is 35.5. The molecule has 0 fully saturated rings. The van der Waals surface area contributed by atoms with Gasteiger partial charge < -0.3 is 30.7 Å². The van der Waals surface area contributed by atoms with Crippen LogP contribution in [0.5, 0.6) is 11.5 Å². The highest BCUT2D eigenvalue weighted by Gasteiger charge is 2.31. The summed E-state index contributed by atoms with van der Waals surface area (Å²) in [6.45, 7) is 4.70. The van der Waals surface area contributed by atoms with E-state index in [2.05, 4.69) is 0 Å². The zero-order chi connectivity index (χ0) is 35.9. The van der Waals surface area contributed by atoms with Crippen LogP contribution in [-0.4, -0.2) is 58.6 Å². The van der Waals surface area contributed by atoms with Gasteiger partial charge in [-0.05, 0) is 110 Å². The van der Waals surface area contributed by atoms with Gasteiger partial charge in [0.05, 0.1) is 0 Å². The highest BCUT2D eigenvalue weighted by molar-refractivity contribution is 6.00. The first-order valence-corrected chi connectivity index (χ1v) is 16.1. The van der Waals surface area contributed by atoms with Crippen LogP contribution in [0.15, 0.2) is 84.9 Å². The first-order chi connectivity index (χ1) is 23.9. The number of rotatable bonds is 10. The molecule has 12 heteroatoms. The Morgan fingerprint density at radius 2 is 1.14 bits per heavy atom. The SMILES string of the molecule is CC(C(N)=O)N1CCc2cc(OCc3ccc(F)cc3)ccc2C1=O.CC(C(N)=O)N1CCc2cc(OCc3cccc(F)c3)ccc2C1=O. The number of ether oxygens (including phenoxy) is 2. The summed E-state index contributed by atoms with van der Waals surface area (Å²) in [5, 5.41) is 0. The fourth-order valence-electron chi connectivity index (χ4n) is 5.73. The van der Waals surface area contributed by atoms with Gasteiger partial charge in [-0.25, -0.2) is 8.78 Å². The highest BCUT2D eigenvalue weighted by Crippen LogP contribution is 2.27. The first-order valence-electron chi connectivity index (χ1n) is 16.1. The van der Waals surface area contributed by atoms with Crippen LogP contribution in [0.25, 0.3) is 0 Å². The Morgan fingerprint density at radius 3 is 1.60 bits per heavy atom. The van der Waals surface area contributed by atoms with Crippen molar-refractivity contribution in [2.45, 2.75) is 52.0 Å². The van der Waals surface area contributed by atoms with Crippen molar-refractivity contribution in [3.8, 4) is 11.5 Å². The maximum absolute atomic E-state index is 13.2. The molecule has 2 aliphatic rings. The Balaban J connectivity index is 0.000000194. The fraction of sp³-hybridized carbons (Fsp3) is 0.263. The Morgan fingerprint density at radius 1 is 0.660 bits per heavy atom. The number of benzene rings is 4. The molecule has 4 aromatic rings. The van der Waals surface area contributed by atoms with Crippen molar-refractivity contribution in [2.75, 3.05) is 13.1 Å². The van der Waals surface area contributed by atoms with Gasteiger partial charge in [-0.15, -0.1) is 0 Å². The molecule has 0 bridgehead atoms. The second kappa shape index (κ2) is 15.6. The molecule has 2 atom stereocenters. The summed E-state index contributed by atoms with van der Waals surface area (Å²) >= 11 is 0. The predicted molar refractivity (Wildman–Crippen MR) is 181 cm³/mol. The van der Waals surface area contributed by atoms with E-state index in [1.807, 2.05) is 12.1 Å². The molecule has 2 unspecified atom stereocenters. The Labute approximate surface area is 288 Å². The highest BCUT2D eigenvalue weighted by atomic mass is 19.1. The molecular weight excluding hydrogens is 646 g/mol. The molecule has 10 nitrogen and oxygen atoms in total. The number of carbonyl (C=O) groups is 4. The quantitative estimate of drug-likeness (QED) is 0.251. The zero-order valence-electron chi connectivity index (χ0n) is 27.7. The van der Waals surface area contributed by atoms with Crippen LogP contribution in [0.3, 0.4) is 0 Å². The van der Waals surface area contributed by atoms with Crippen LogP contribution < -0.4 is 20.9 Å². The third-order valence-corrected chi connectivity index (χ3v) is 8.75. The molecule has 0 aliphatic carbocycles. The number of fused-ring (bicyclic) bond motifs is 2. The van der Waals surface area contributed by atoms with Crippen LogP contribution in [-0.2, 0) is 35.6 Å². The lowest BCUT2D eigenvalue weighted by molar-refractivity contribution is -0.122. The fourth-order valence-corrected chi connectivity index (χ4v) is 5.73. The van der Waals surface area contributed by atoms with Gasteiger partial charge >= 0.3 is 0 Å². The van der Waals surface area contributed by atoms with Gasteiger partial charge in [-0.2, -0.15) is 0 Å². The lowest BCUT2D eigenvalue weighted by Crippen LogP contribution is -2.49. The molecular formula is C38H38F2N4O6. The standard InChI is InChI=1S/2C19H19FN2O3/c1-12(18(21)23)22-9-8-14-10-16(6-7-17(14)19(22)24)25-11-13-2-4-15(20)5-3-13;1-12(18(21)23)22-8-7-14-10-16(5-6-17(14)19(22)24)25-11-13-3-2-4-15(20)9-13/h2-7,10,12H,8-9,11H2,1H3,(H2,21,23);2-6,9-10,12H,7-8,11H2,1H3,(H2,21,23). The predicted octanol–water partition coefficient (Wildman–Crippen LogP) is 4.55. The van der Waals surface area contributed by atoms with Crippen LogP contribution in [0.4, 0.5) is 8.78 Å². The number of hydrogen-bond acceptors (Lipinski definition) is 6. The lowest BCUT2D eigenvalue weighted by Gasteiger charge is -2.32. The van der Waals surface area contributed by atoms with E-state index in [-0.39, 0.29) is 30.1 Å². The lowest BCUT2D eigenvalue weighted by atomic mass is 9.97. The van der Waals surface area contributed by atoms with Gasteiger partial charge in [0.2, 0.25) is 11.8 Å². The monoisotopic (exact) mass is 684 g/mol. The van der Waals surface area contributed by atoms with Crippen molar-refractivity contribution in [1.82, 2.24) is 9.80 Å². The van der Waals surface area contributed by atoms with Gasteiger partial charge in [0.15, 0.2) is 0 Å². The van der Waals surface area contributed by atoms with E-state index in [1.165, 1.54) is 34.1 Å². The minimum Gasteiger partial charge on any atom is -0.489 e. The van der Waals surface area contributed by atoms with Crippen LogP contribution >= 0.6 is 0 Å². The smallest absolute Gasteiger partial charge is 0.254 e. The number of hydrogen-bond donors (Lipinski definition) is 2. The van der Waals surface area contributed by atoms with Gasteiger partial charge in [0.25, 0.3) is 11.8 Å². The van der Waals surface area contributed by atoms with Crippen molar-refractivity contribution < 1.29 is 37.4 Å². The molecule has 4 aromatic carbocycles. The molecule has 0 saturated carbocycles. The number of primary amides is 2. The van der Waals surface area contributed by atoms with Crippen LogP contribution in [0, 0.1) is 11.6 Å². The van der Waals surface area contributed by atoms with Crippen molar-refractivity contribution in [3.63, 3.8) is 0 Å². The van der Waals surface area contributed by atoms with E-state index >= 15 is 0 Å². The Bertz CT molecular complexity index is 1900. The van der Waals surface area contributed by atoms with Crippen molar-refractivity contribution in [2.24, 2.45) is 11.5 Å². The molecule has 0 spiro atoms. The molecule has 260 valence electrons. The average molecular weight is 685 g/mol. The van der Waals surface area contributed by atoms with Crippen LogP contribution in [0.1, 0.15) is 56.8 Å². The molecule has 4 N–H and O–H groups in total. The minimum absolute atomic E-state index is 0.197. The number of nitrogens with zero attached hydrogens (tertiary/aromatic N) is 2. The largest absolute Gasteiger partial charge is 0.489 e. The molecule has 6 rings (SSSR count). The zero-order valence-corrected chi connectivity index (χ0v) is 27.7. The van der Waals surface area contributed by atoms with E-state index in [0.717, 1.165) is 22.3 Å². The van der Waals surface area contributed by atoms with E-state index in [1.54, 1.807) is 62.4 Å². The summed E-state index contributed by atoms with van der Waals surface area (Å²) in [6, 6.07) is 21.5. The van der Waals surface area contributed by atoms with E-state index in [4.69, 9.17) is 20.9 Å². The number of halogens is 2. The maximum Gasteiger partial charge on any atom is 0.254 e. The summed E-state index contributed by atoms with van der Waals surface area (Å²) < 4.78 is 37.5. The van der Waals surface area contributed by atoms with Crippen LogP contribution in [0.2, 0.25) is 0 Å². The second-order valence-corrected chi connectivity index (χ2v) is 12.1. The number of carbonyl (C=O) groups excluding carboxylic acids is 4. The van der Waals surface area contributed by atoms with Crippen molar-refractivity contribution in [3.05, 3.63) is 130 Å². The van der Waals surface area contributed by atoms with E-state index in [9.17, 15) is 28.0 Å². The summed E-state index contributed by atoms with van der Waals surface area (Å²) in [6.07, 6.45) is 1.25. The van der Waals surface area contributed by atoms with E-state index < -0.39 is 23.9 Å². The van der Waals surface area contributed by atoms with Gasteiger partial charge in [0, 0.05) is 24.2 Å². The summed E-state index contributed by atoms with van der Waals surface area (Å²) in [7, 11) is 0. The molecule has 4 amide bonds. The second-order valence-electron chi connectivity index (χ2n) is 12.1. The Hall–Kier alpha value is -5.78. The topological polar surface area (TPSA) is 145 Å². The summed E-state index contributed by atoms with van der Waals surface area (Å²) in [5.74, 6) is -0.768. The third kappa shape index (κ3) is 8.43. The summed E-state index contributed by atoms with van der Waals surface area (Å²) in [4.78, 5) is 50.7. The number of nitrogens with two attached hydrogens (primary N) is 2. The third-order valence-electron chi connectivity index (χ3n) is 8.75. The Kier molecular flexibility index (Phi) is 11.1. The molecule has 50 heavy (non-hydrogen) atoms. The maximum atomic E-state index is 13.2. The van der Waals surface area contributed by atoms with Gasteiger partial charge in [-0.3, -0.25) is 19.2 Å². The van der Waals surface area contributed by atoms with Crippen molar-refractivity contribution in [1.29, 1.82) is 0 Å².